The molecule has 5 nitrogen and oxygen atoms in total. The SMILES string of the molecule is O=C(CC1Sc2ccccc2NC1=O)N=c1sccn1Cc1ccccc1F. The molecule has 0 aliphatic carbocycles. The van der Waals surface area contributed by atoms with Gasteiger partial charge in [-0.3, -0.25) is 9.59 Å². The van der Waals surface area contributed by atoms with Crippen LogP contribution < -0.4 is 10.1 Å². The third-order valence-electron chi connectivity index (χ3n) is 4.25. The van der Waals surface area contributed by atoms with Gasteiger partial charge in [0.05, 0.1) is 23.9 Å². The molecule has 2 heterocycles. The van der Waals surface area contributed by atoms with E-state index in [2.05, 4.69) is 10.3 Å². The van der Waals surface area contributed by atoms with Gasteiger partial charge in [0, 0.05) is 22.0 Å². The Morgan fingerprint density at radius 3 is 2.82 bits per heavy atom. The van der Waals surface area contributed by atoms with Crippen molar-refractivity contribution in [2.75, 3.05) is 5.32 Å². The number of carbonyl (C=O) groups is 2. The maximum atomic E-state index is 13.9. The minimum Gasteiger partial charge on any atom is -0.324 e. The number of aromatic nitrogens is 1. The molecular formula is C20H16FN3O2S2. The van der Waals surface area contributed by atoms with Crippen molar-refractivity contribution >= 4 is 40.6 Å². The Bertz CT molecular complexity index is 1110. The fraction of sp³-hybridized carbons (Fsp3) is 0.150. The summed E-state index contributed by atoms with van der Waals surface area (Å²) in [5.41, 5.74) is 1.28. The van der Waals surface area contributed by atoms with Crippen LogP contribution in [0.15, 0.2) is 70.0 Å². The van der Waals surface area contributed by atoms with E-state index in [-0.39, 0.29) is 30.6 Å². The quantitative estimate of drug-likeness (QED) is 0.710. The molecule has 1 aromatic heterocycles. The number of nitrogens with one attached hydrogen (secondary N) is 1. The van der Waals surface area contributed by atoms with Gasteiger partial charge in [0.2, 0.25) is 11.8 Å². The summed E-state index contributed by atoms with van der Waals surface area (Å²) in [6.07, 6.45) is 1.77. The number of fused-ring (bicyclic) bond motifs is 1. The molecule has 1 atom stereocenters. The van der Waals surface area contributed by atoms with E-state index in [1.807, 2.05) is 24.3 Å². The fourth-order valence-electron chi connectivity index (χ4n) is 2.86. The van der Waals surface area contributed by atoms with Crippen molar-refractivity contribution in [3.05, 3.63) is 76.3 Å². The lowest BCUT2D eigenvalue weighted by atomic mass is 10.2. The number of halogens is 1. The highest BCUT2D eigenvalue weighted by Crippen LogP contribution is 2.36. The highest BCUT2D eigenvalue weighted by Gasteiger charge is 2.28. The van der Waals surface area contributed by atoms with E-state index in [9.17, 15) is 14.0 Å². The standard InChI is InChI=1S/C20H16FN3O2S2/c21-14-6-2-1-5-13(14)12-24-9-10-27-20(24)23-18(25)11-17-19(26)22-15-7-3-4-8-16(15)28-17/h1-10,17H,11-12H2,(H,22,26). The molecule has 0 fully saturated rings. The van der Waals surface area contributed by atoms with Crippen molar-refractivity contribution < 1.29 is 14.0 Å². The van der Waals surface area contributed by atoms with Crippen molar-refractivity contribution in [2.45, 2.75) is 23.1 Å². The zero-order valence-corrected chi connectivity index (χ0v) is 16.3. The van der Waals surface area contributed by atoms with Crippen molar-refractivity contribution in [3.63, 3.8) is 0 Å². The molecule has 2 aromatic carbocycles. The van der Waals surface area contributed by atoms with Gasteiger partial charge in [-0.2, -0.15) is 4.99 Å². The fourth-order valence-corrected chi connectivity index (χ4v) is 4.70. The first kappa shape index (κ1) is 18.6. The van der Waals surface area contributed by atoms with E-state index in [4.69, 9.17) is 0 Å². The molecule has 1 unspecified atom stereocenters. The van der Waals surface area contributed by atoms with E-state index in [1.165, 1.54) is 29.2 Å². The zero-order chi connectivity index (χ0) is 19.5. The van der Waals surface area contributed by atoms with Crippen LogP contribution in [0.5, 0.6) is 0 Å². The topological polar surface area (TPSA) is 63.5 Å². The third kappa shape index (κ3) is 4.07. The Kier molecular flexibility index (Phi) is 5.40. The lowest BCUT2D eigenvalue weighted by Crippen LogP contribution is -2.31. The number of anilines is 1. The molecule has 3 aromatic rings. The molecule has 4 rings (SSSR count). The van der Waals surface area contributed by atoms with Gasteiger partial charge in [-0.1, -0.05) is 30.3 Å². The van der Waals surface area contributed by atoms with E-state index in [1.54, 1.807) is 34.3 Å². The highest BCUT2D eigenvalue weighted by atomic mass is 32.2. The van der Waals surface area contributed by atoms with Crippen LogP contribution in [0.4, 0.5) is 10.1 Å². The summed E-state index contributed by atoms with van der Waals surface area (Å²) >= 11 is 2.67. The number of hydrogen-bond donors (Lipinski definition) is 1. The Morgan fingerprint density at radius 2 is 1.96 bits per heavy atom. The monoisotopic (exact) mass is 413 g/mol. The number of rotatable bonds is 4. The Hall–Kier alpha value is -2.71. The van der Waals surface area contributed by atoms with Gasteiger partial charge < -0.3 is 9.88 Å². The van der Waals surface area contributed by atoms with Crippen LogP contribution in [0, 0.1) is 5.82 Å². The van der Waals surface area contributed by atoms with Crippen molar-refractivity contribution in [2.24, 2.45) is 4.99 Å². The van der Waals surface area contributed by atoms with Crippen molar-refractivity contribution in [1.29, 1.82) is 0 Å². The number of hydrogen-bond acceptors (Lipinski definition) is 4. The second-order valence-electron chi connectivity index (χ2n) is 6.21. The molecule has 0 saturated carbocycles. The smallest absolute Gasteiger partial charge is 0.249 e. The van der Waals surface area contributed by atoms with Crippen LogP contribution in [0.3, 0.4) is 0 Å². The molecule has 0 spiro atoms. The predicted molar refractivity (Wildman–Crippen MR) is 108 cm³/mol. The van der Waals surface area contributed by atoms with Crippen LogP contribution in [0.1, 0.15) is 12.0 Å². The number of para-hydroxylation sites is 1. The van der Waals surface area contributed by atoms with Gasteiger partial charge in [-0.05, 0) is 18.2 Å². The van der Waals surface area contributed by atoms with Gasteiger partial charge in [-0.25, -0.2) is 4.39 Å². The van der Waals surface area contributed by atoms with Crippen LogP contribution in [-0.2, 0) is 16.1 Å². The average molecular weight is 413 g/mol. The number of thiazole rings is 1. The second-order valence-corrected chi connectivity index (χ2v) is 8.32. The van der Waals surface area contributed by atoms with Gasteiger partial charge in [-0.15, -0.1) is 23.1 Å². The summed E-state index contributed by atoms with van der Waals surface area (Å²) in [6, 6.07) is 14.0. The molecule has 1 aliphatic heterocycles. The number of nitrogens with zero attached hydrogens (tertiary/aromatic N) is 2. The molecule has 1 N–H and O–H groups in total. The third-order valence-corrected chi connectivity index (χ3v) is 6.32. The Morgan fingerprint density at radius 1 is 1.18 bits per heavy atom. The number of thioether (sulfide) groups is 1. The van der Waals surface area contributed by atoms with Gasteiger partial charge in [0.25, 0.3) is 0 Å². The summed E-state index contributed by atoms with van der Waals surface area (Å²) in [5.74, 6) is -0.873. The minimum atomic E-state index is -0.522. The van der Waals surface area contributed by atoms with E-state index in [0.717, 1.165) is 10.6 Å². The highest BCUT2D eigenvalue weighted by molar-refractivity contribution is 8.01. The van der Waals surface area contributed by atoms with E-state index >= 15 is 0 Å². The lowest BCUT2D eigenvalue weighted by Gasteiger charge is -2.22. The molecule has 0 bridgehead atoms. The predicted octanol–water partition coefficient (Wildman–Crippen LogP) is 3.67. The van der Waals surface area contributed by atoms with Gasteiger partial charge in [0.15, 0.2) is 4.80 Å². The molecule has 1 aliphatic rings. The van der Waals surface area contributed by atoms with Crippen LogP contribution in [0.25, 0.3) is 0 Å². The van der Waals surface area contributed by atoms with Crippen LogP contribution in [0.2, 0.25) is 0 Å². The largest absolute Gasteiger partial charge is 0.324 e. The minimum absolute atomic E-state index is 0.00241. The second kappa shape index (κ2) is 8.12. The first-order valence-electron chi connectivity index (χ1n) is 8.61. The van der Waals surface area contributed by atoms with Crippen LogP contribution >= 0.6 is 23.1 Å². The molecular weight excluding hydrogens is 397 g/mol. The normalized spacial score (nSPS) is 16.5. The molecule has 0 saturated heterocycles. The maximum absolute atomic E-state index is 13.9. The molecule has 8 heteroatoms. The molecule has 142 valence electrons. The number of benzene rings is 2. The van der Waals surface area contributed by atoms with Crippen molar-refractivity contribution in [3.8, 4) is 0 Å². The van der Waals surface area contributed by atoms with E-state index < -0.39 is 5.25 Å². The summed E-state index contributed by atoms with van der Waals surface area (Å²) < 4.78 is 15.6. The number of amides is 2. The van der Waals surface area contributed by atoms with Crippen molar-refractivity contribution in [1.82, 2.24) is 4.57 Å². The summed E-state index contributed by atoms with van der Waals surface area (Å²) in [7, 11) is 0. The lowest BCUT2D eigenvalue weighted by molar-refractivity contribution is -0.122. The maximum Gasteiger partial charge on any atom is 0.249 e. The van der Waals surface area contributed by atoms with Crippen LogP contribution in [-0.4, -0.2) is 21.6 Å². The average Bonchev–Trinajstić information content (AvgIpc) is 3.11. The first-order chi connectivity index (χ1) is 13.6. The Balaban J connectivity index is 1.50. The molecule has 28 heavy (non-hydrogen) atoms. The van der Waals surface area contributed by atoms with Gasteiger partial charge in [0.1, 0.15) is 5.82 Å². The number of carbonyl (C=O) groups excluding carboxylic acids is 2. The molecule has 0 radical (unpaired) electrons. The molecule has 2 amide bonds. The summed E-state index contributed by atoms with van der Waals surface area (Å²) in [4.78, 5) is 30.3. The van der Waals surface area contributed by atoms with Gasteiger partial charge >= 0.3 is 0 Å². The Labute approximate surface area is 168 Å². The zero-order valence-electron chi connectivity index (χ0n) is 14.7. The summed E-state index contributed by atoms with van der Waals surface area (Å²) in [6.45, 7) is 0.286. The first-order valence-corrected chi connectivity index (χ1v) is 10.4. The van der Waals surface area contributed by atoms with E-state index in [0.29, 0.717) is 10.4 Å². The summed E-state index contributed by atoms with van der Waals surface area (Å²) in [5, 5.41) is 4.10.